The molecule has 1 amide bonds. The van der Waals surface area contributed by atoms with Crippen molar-refractivity contribution in [2.75, 3.05) is 12.4 Å². The standard InChI is InChI=1S/C20H21N3O5S/c1-11(2)28-20(26)17-12(3)16-18(29-17)21-10-23(19(16)25)9-15(24)22-13-7-5-6-8-14(13)27-4/h5-8,10-11H,9H2,1-4H3,(H,22,24). The number of aromatic nitrogens is 2. The molecule has 2 heterocycles. The topological polar surface area (TPSA) is 99.5 Å². The Morgan fingerprint density at radius 2 is 2.00 bits per heavy atom. The smallest absolute Gasteiger partial charge is 0.348 e. The van der Waals surface area contributed by atoms with Crippen LogP contribution in [0.15, 0.2) is 35.4 Å². The molecule has 8 nitrogen and oxygen atoms in total. The summed E-state index contributed by atoms with van der Waals surface area (Å²) in [4.78, 5) is 42.6. The number of esters is 1. The van der Waals surface area contributed by atoms with Crippen molar-refractivity contribution in [2.45, 2.75) is 33.4 Å². The molecule has 0 saturated carbocycles. The van der Waals surface area contributed by atoms with Crippen LogP contribution in [0.5, 0.6) is 5.75 Å². The van der Waals surface area contributed by atoms with Crippen LogP contribution in [0.2, 0.25) is 0 Å². The lowest BCUT2D eigenvalue weighted by molar-refractivity contribution is -0.116. The van der Waals surface area contributed by atoms with Crippen molar-refractivity contribution in [3.05, 3.63) is 51.4 Å². The normalized spacial score (nSPS) is 10.9. The molecule has 0 saturated heterocycles. The van der Waals surface area contributed by atoms with E-state index in [2.05, 4.69) is 10.3 Å². The van der Waals surface area contributed by atoms with Gasteiger partial charge in [-0.25, -0.2) is 9.78 Å². The van der Waals surface area contributed by atoms with Crippen LogP contribution >= 0.6 is 11.3 Å². The van der Waals surface area contributed by atoms with Gasteiger partial charge in [0.2, 0.25) is 5.91 Å². The Hall–Kier alpha value is -3.20. The highest BCUT2D eigenvalue weighted by Crippen LogP contribution is 2.28. The van der Waals surface area contributed by atoms with Crippen molar-refractivity contribution in [3.8, 4) is 5.75 Å². The molecule has 1 N–H and O–H groups in total. The van der Waals surface area contributed by atoms with Crippen molar-refractivity contribution >= 4 is 39.1 Å². The number of carbonyl (C=O) groups is 2. The Morgan fingerprint density at radius 3 is 2.69 bits per heavy atom. The number of amides is 1. The van der Waals surface area contributed by atoms with Gasteiger partial charge in [-0.2, -0.15) is 0 Å². The van der Waals surface area contributed by atoms with Gasteiger partial charge in [0, 0.05) is 0 Å². The summed E-state index contributed by atoms with van der Waals surface area (Å²) in [6.45, 7) is 4.97. The molecule has 2 aromatic heterocycles. The molecule has 0 aliphatic carbocycles. The number of ether oxygens (including phenoxy) is 2. The van der Waals surface area contributed by atoms with Crippen molar-refractivity contribution in [2.24, 2.45) is 0 Å². The number of hydrogen-bond donors (Lipinski definition) is 1. The molecule has 0 aliphatic heterocycles. The Bertz CT molecular complexity index is 1130. The summed E-state index contributed by atoms with van der Waals surface area (Å²) < 4.78 is 11.6. The number of thiophene rings is 1. The molecule has 9 heteroatoms. The van der Waals surface area contributed by atoms with E-state index < -0.39 is 11.9 Å². The zero-order valence-corrected chi connectivity index (χ0v) is 17.3. The first-order chi connectivity index (χ1) is 13.8. The summed E-state index contributed by atoms with van der Waals surface area (Å²) in [6, 6.07) is 6.99. The molecular formula is C20H21N3O5S. The zero-order valence-electron chi connectivity index (χ0n) is 16.5. The van der Waals surface area contributed by atoms with Crippen molar-refractivity contribution < 1.29 is 19.1 Å². The molecule has 0 spiro atoms. The quantitative estimate of drug-likeness (QED) is 0.622. The second kappa shape index (κ2) is 8.44. The van der Waals surface area contributed by atoms with Gasteiger partial charge in [0.25, 0.3) is 5.56 Å². The molecule has 29 heavy (non-hydrogen) atoms. The minimum absolute atomic E-state index is 0.221. The molecular weight excluding hydrogens is 394 g/mol. The monoisotopic (exact) mass is 415 g/mol. The summed E-state index contributed by atoms with van der Waals surface area (Å²) in [6.07, 6.45) is 1.04. The van der Waals surface area contributed by atoms with Crippen molar-refractivity contribution in [1.29, 1.82) is 0 Å². The highest BCUT2D eigenvalue weighted by molar-refractivity contribution is 7.20. The highest BCUT2D eigenvalue weighted by atomic mass is 32.1. The van der Waals surface area contributed by atoms with E-state index in [0.717, 1.165) is 11.3 Å². The molecule has 1 aromatic carbocycles. The Labute approximate surface area is 171 Å². The molecule has 0 aliphatic rings. The fraction of sp³-hybridized carbons (Fsp3) is 0.300. The van der Waals surface area contributed by atoms with Crippen LogP contribution in [0.1, 0.15) is 29.1 Å². The Balaban J connectivity index is 1.88. The van der Waals surface area contributed by atoms with Crippen molar-refractivity contribution in [1.82, 2.24) is 9.55 Å². The number of anilines is 1. The van der Waals surface area contributed by atoms with E-state index in [4.69, 9.17) is 9.47 Å². The van der Waals surface area contributed by atoms with Gasteiger partial charge in [-0.15, -0.1) is 11.3 Å². The number of rotatable bonds is 6. The molecule has 3 aromatic rings. The van der Waals surface area contributed by atoms with Crippen molar-refractivity contribution in [3.63, 3.8) is 0 Å². The zero-order chi connectivity index (χ0) is 21.1. The van der Waals surface area contributed by atoms with Crippen LogP contribution in [-0.4, -0.2) is 34.6 Å². The number of methoxy groups -OCH3 is 1. The van der Waals surface area contributed by atoms with E-state index in [0.29, 0.717) is 32.1 Å². The number of nitrogens with zero attached hydrogens (tertiary/aromatic N) is 2. The fourth-order valence-corrected chi connectivity index (χ4v) is 3.85. The molecule has 152 valence electrons. The first-order valence-electron chi connectivity index (χ1n) is 8.94. The van der Waals surface area contributed by atoms with Crippen LogP contribution in [0.4, 0.5) is 5.69 Å². The van der Waals surface area contributed by atoms with Gasteiger partial charge < -0.3 is 14.8 Å². The minimum Gasteiger partial charge on any atom is -0.495 e. The SMILES string of the molecule is COc1ccccc1NC(=O)Cn1cnc2sc(C(=O)OC(C)C)c(C)c2c1=O. The minimum atomic E-state index is -0.486. The maximum Gasteiger partial charge on any atom is 0.348 e. The average Bonchev–Trinajstić information content (AvgIpc) is 3.01. The van der Waals surface area contributed by atoms with Gasteiger partial charge in [0.05, 0.1) is 30.6 Å². The molecule has 0 fully saturated rings. The van der Waals surface area contributed by atoms with Gasteiger partial charge in [0.1, 0.15) is 22.0 Å². The summed E-state index contributed by atoms with van der Waals surface area (Å²) in [5, 5.41) is 3.04. The summed E-state index contributed by atoms with van der Waals surface area (Å²) in [5.74, 6) is -0.366. The van der Waals surface area contributed by atoms with Gasteiger partial charge >= 0.3 is 5.97 Å². The molecule has 0 radical (unpaired) electrons. The average molecular weight is 415 g/mol. The summed E-state index contributed by atoms with van der Waals surface area (Å²) in [7, 11) is 1.51. The predicted octanol–water partition coefficient (Wildman–Crippen LogP) is 2.98. The van der Waals surface area contributed by atoms with Crippen LogP contribution < -0.4 is 15.6 Å². The van der Waals surface area contributed by atoms with Gasteiger partial charge in [0.15, 0.2) is 0 Å². The fourth-order valence-electron chi connectivity index (χ4n) is 2.83. The number of para-hydroxylation sites is 2. The third kappa shape index (κ3) is 4.29. The maximum absolute atomic E-state index is 12.9. The Kier molecular flexibility index (Phi) is 5.97. The van der Waals surface area contributed by atoms with Gasteiger partial charge in [-0.1, -0.05) is 12.1 Å². The lowest BCUT2D eigenvalue weighted by Gasteiger charge is -2.10. The second-order valence-electron chi connectivity index (χ2n) is 6.62. The number of nitrogens with one attached hydrogen (secondary N) is 1. The second-order valence-corrected chi connectivity index (χ2v) is 7.62. The van der Waals surface area contributed by atoms with E-state index >= 15 is 0 Å². The maximum atomic E-state index is 12.9. The molecule has 0 unspecified atom stereocenters. The van der Waals surface area contributed by atoms with Crippen LogP contribution in [0, 0.1) is 6.92 Å². The van der Waals surface area contributed by atoms with E-state index in [1.807, 2.05) is 0 Å². The molecule has 0 atom stereocenters. The number of carbonyl (C=O) groups excluding carboxylic acids is 2. The predicted molar refractivity (Wildman–Crippen MR) is 111 cm³/mol. The number of fused-ring (bicyclic) bond motifs is 1. The number of hydrogen-bond acceptors (Lipinski definition) is 7. The third-order valence-corrected chi connectivity index (χ3v) is 5.32. The van der Waals surface area contributed by atoms with E-state index in [9.17, 15) is 14.4 Å². The van der Waals surface area contributed by atoms with Crippen LogP contribution in [0.3, 0.4) is 0 Å². The highest BCUT2D eigenvalue weighted by Gasteiger charge is 2.21. The van der Waals surface area contributed by atoms with E-state index in [-0.39, 0.29) is 18.2 Å². The van der Waals surface area contributed by atoms with E-state index in [1.165, 1.54) is 18.0 Å². The largest absolute Gasteiger partial charge is 0.495 e. The van der Waals surface area contributed by atoms with Gasteiger partial charge in [-0.3, -0.25) is 14.2 Å². The Morgan fingerprint density at radius 1 is 1.28 bits per heavy atom. The first kappa shape index (κ1) is 20.5. The summed E-state index contributed by atoms with van der Waals surface area (Å²) in [5.41, 5.74) is 0.627. The summed E-state index contributed by atoms with van der Waals surface area (Å²) >= 11 is 1.11. The van der Waals surface area contributed by atoms with Crippen LogP contribution in [-0.2, 0) is 16.1 Å². The molecule has 3 rings (SSSR count). The lowest BCUT2D eigenvalue weighted by Crippen LogP contribution is -2.28. The van der Waals surface area contributed by atoms with Gasteiger partial charge in [-0.05, 0) is 38.5 Å². The first-order valence-corrected chi connectivity index (χ1v) is 9.75. The van der Waals surface area contributed by atoms with E-state index in [1.54, 1.807) is 45.0 Å². The molecule has 0 bridgehead atoms. The third-order valence-electron chi connectivity index (χ3n) is 4.14. The van der Waals surface area contributed by atoms with Crippen LogP contribution in [0.25, 0.3) is 10.2 Å². The number of benzene rings is 1. The number of aryl methyl sites for hydroxylation is 1. The lowest BCUT2D eigenvalue weighted by atomic mass is 10.2.